The number of carbonyl (C=O) groups is 1. The van der Waals surface area contributed by atoms with Crippen molar-refractivity contribution in [3.8, 4) is 11.5 Å². The van der Waals surface area contributed by atoms with Crippen LogP contribution in [0, 0.1) is 10.1 Å². The van der Waals surface area contributed by atoms with E-state index in [-0.39, 0.29) is 17.2 Å². The number of hydrogen-bond donors (Lipinski definition) is 2. The lowest BCUT2D eigenvalue weighted by Gasteiger charge is -2.06. The van der Waals surface area contributed by atoms with Crippen molar-refractivity contribution in [1.82, 2.24) is 5.43 Å². The second-order valence-electron chi connectivity index (χ2n) is 5.33. The van der Waals surface area contributed by atoms with E-state index in [9.17, 15) is 20.0 Å². The number of fused-ring (bicyclic) bond motifs is 1. The molecule has 27 heavy (non-hydrogen) atoms. The molecule has 1 amide bonds. The zero-order chi connectivity index (χ0) is 19.6. The molecule has 0 bridgehead atoms. The SMILES string of the molecule is COc1cc(/C=N\NC(=O)c2cc3cc([N+](=O)[O-])ccc3s2)c(Br)cc1O. The first-order chi connectivity index (χ1) is 12.9. The number of nitro benzene ring substituents is 1. The number of phenols is 1. The van der Waals surface area contributed by atoms with Crippen molar-refractivity contribution >= 4 is 55.2 Å². The number of nitrogens with one attached hydrogen (secondary N) is 1. The summed E-state index contributed by atoms with van der Waals surface area (Å²) >= 11 is 4.50. The lowest BCUT2D eigenvalue weighted by atomic mass is 10.2. The summed E-state index contributed by atoms with van der Waals surface area (Å²) in [4.78, 5) is 23.0. The number of hydrazone groups is 1. The van der Waals surface area contributed by atoms with Crippen molar-refractivity contribution in [2.45, 2.75) is 0 Å². The molecule has 0 saturated heterocycles. The summed E-state index contributed by atoms with van der Waals surface area (Å²) in [5.41, 5.74) is 2.97. The summed E-state index contributed by atoms with van der Waals surface area (Å²) in [6.45, 7) is 0. The molecule has 0 aliphatic rings. The maximum atomic E-state index is 12.3. The lowest BCUT2D eigenvalue weighted by Crippen LogP contribution is -2.16. The molecule has 0 spiro atoms. The standard InChI is InChI=1S/C17H12BrN3O5S/c1-26-14-5-10(12(18)7-13(14)22)8-19-20-17(23)16-6-9-4-11(21(24)25)2-3-15(9)27-16/h2-8,22H,1H3,(H,20,23)/b19-8-. The van der Waals surface area contributed by atoms with Crippen LogP contribution in [0.4, 0.5) is 5.69 Å². The van der Waals surface area contributed by atoms with Crippen LogP contribution in [0.1, 0.15) is 15.2 Å². The minimum Gasteiger partial charge on any atom is -0.504 e. The Kier molecular flexibility index (Phi) is 5.38. The number of aromatic hydroxyl groups is 1. The number of nitro groups is 1. The van der Waals surface area contributed by atoms with Gasteiger partial charge in [0.05, 0.1) is 23.1 Å². The first-order valence-electron chi connectivity index (χ1n) is 7.47. The fraction of sp³-hybridized carbons (Fsp3) is 0.0588. The Morgan fingerprint density at radius 2 is 2.15 bits per heavy atom. The molecule has 0 fully saturated rings. The molecule has 2 aromatic carbocycles. The van der Waals surface area contributed by atoms with Gasteiger partial charge < -0.3 is 9.84 Å². The molecule has 0 aliphatic carbocycles. The molecule has 0 atom stereocenters. The van der Waals surface area contributed by atoms with E-state index in [1.807, 2.05) is 0 Å². The number of non-ortho nitro benzene ring substituents is 1. The first kappa shape index (κ1) is 18.8. The van der Waals surface area contributed by atoms with Gasteiger partial charge in [0, 0.05) is 32.3 Å². The van der Waals surface area contributed by atoms with Crippen LogP contribution in [0.5, 0.6) is 11.5 Å². The molecule has 0 saturated carbocycles. The van der Waals surface area contributed by atoms with Crippen molar-refractivity contribution in [3.63, 3.8) is 0 Å². The van der Waals surface area contributed by atoms with E-state index in [2.05, 4.69) is 26.5 Å². The zero-order valence-electron chi connectivity index (χ0n) is 13.8. The van der Waals surface area contributed by atoms with Crippen LogP contribution in [0.3, 0.4) is 0 Å². The van der Waals surface area contributed by atoms with Gasteiger partial charge in [0.25, 0.3) is 11.6 Å². The second kappa shape index (κ2) is 7.72. The highest BCUT2D eigenvalue weighted by molar-refractivity contribution is 9.10. The van der Waals surface area contributed by atoms with E-state index in [4.69, 9.17) is 4.74 Å². The van der Waals surface area contributed by atoms with Crippen LogP contribution in [0.15, 0.2) is 46.0 Å². The highest BCUT2D eigenvalue weighted by Crippen LogP contribution is 2.31. The Morgan fingerprint density at radius 1 is 1.37 bits per heavy atom. The Balaban J connectivity index is 1.77. The van der Waals surface area contributed by atoms with Crippen molar-refractivity contribution in [2.24, 2.45) is 5.10 Å². The average Bonchev–Trinajstić information content (AvgIpc) is 3.06. The van der Waals surface area contributed by atoms with Gasteiger partial charge in [0.2, 0.25) is 0 Å². The topological polar surface area (TPSA) is 114 Å². The summed E-state index contributed by atoms with van der Waals surface area (Å²) in [5.74, 6) is -0.182. The molecule has 8 nitrogen and oxygen atoms in total. The van der Waals surface area contributed by atoms with Crippen LogP contribution in [0.25, 0.3) is 10.1 Å². The Morgan fingerprint density at radius 3 is 2.85 bits per heavy atom. The van der Waals surface area contributed by atoms with Crippen molar-refractivity contribution < 1.29 is 19.6 Å². The minimum atomic E-state index is -0.481. The number of benzene rings is 2. The molecule has 3 aromatic rings. The van der Waals surface area contributed by atoms with Gasteiger partial charge in [0.15, 0.2) is 11.5 Å². The van der Waals surface area contributed by atoms with Crippen molar-refractivity contribution in [1.29, 1.82) is 0 Å². The number of amides is 1. The predicted octanol–water partition coefficient (Wildman–Crippen LogP) is 4.05. The van der Waals surface area contributed by atoms with E-state index >= 15 is 0 Å². The number of hydrogen-bond acceptors (Lipinski definition) is 7. The quantitative estimate of drug-likeness (QED) is 0.346. The van der Waals surface area contributed by atoms with Gasteiger partial charge >= 0.3 is 0 Å². The van der Waals surface area contributed by atoms with Gasteiger partial charge in [-0.2, -0.15) is 5.10 Å². The summed E-state index contributed by atoms with van der Waals surface area (Å²) in [6.07, 6.45) is 1.40. The molecule has 0 aliphatic heterocycles. The number of methoxy groups -OCH3 is 1. The number of carbonyl (C=O) groups excluding carboxylic acids is 1. The van der Waals surface area contributed by atoms with Gasteiger partial charge in [-0.15, -0.1) is 11.3 Å². The molecule has 10 heteroatoms. The fourth-order valence-electron chi connectivity index (χ4n) is 2.29. The summed E-state index contributed by atoms with van der Waals surface area (Å²) < 4.78 is 6.37. The van der Waals surface area contributed by atoms with Gasteiger partial charge in [0.1, 0.15) is 0 Å². The van der Waals surface area contributed by atoms with E-state index in [1.54, 1.807) is 18.2 Å². The highest BCUT2D eigenvalue weighted by Gasteiger charge is 2.13. The highest BCUT2D eigenvalue weighted by atomic mass is 79.9. The maximum Gasteiger partial charge on any atom is 0.281 e. The number of nitrogens with zero attached hydrogens (tertiary/aromatic N) is 2. The minimum absolute atomic E-state index is 0.0232. The van der Waals surface area contributed by atoms with E-state index in [1.165, 1.54) is 42.9 Å². The van der Waals surface area contributed by atoms with Gasteiger partial charge in [-0.3, -0.25) is 14.9 Å². The third-order valence-corrected chi connectivity index (χ3v) is 5.40. The Labute approximate surface area is 165 Å². The molecule has 0 unspecified atom stereocenters. The maximum absolute atomic E-state index is 12.3. The predicted molar refractivity (Wildman–Crippen MR) is 106 cm³/mol. The van der Waals surface area contributed by atoms with Gasteiger partial charge in [-0.05, 0) is 40.2 Å². The average molecular weight is 450 g/mol. The third kappa shape index (κ3) is 4.07. The summed E-state index contributed by atoms with van der Waals surface area (Å²) in [6, 6.07) is 9.03. The smallest absolute Gasteiger partial charge is 0.281 e. The molecule has 0 radical (unpaired) electrons. The summed E-state index contributed by atoms with van der Waals surface area (Å²) in [5, 5.41) is 25.1. The zero-order valence-corrected chi connectivity index (χ0v) is 16.2. The monoisotopic (exact) mass is 449 g/mol. The van der Waals surface area contributed by atoms with Crippen LogP contribution in [-0.4, -0.2) is 29.3 Å². The number of phenolic OH excluding ortho intramolecular Hbond substituents is 1. The van der Waals surface area contributed by atoms with Crippen LogP contribution in [0.2, 0.25) is 0 Å². The second-order valence-corrected chi connectivity index (χ2v) is 7.27. The summed E-state index contributed by atoms with van der Waals surface area (Å²) in [7, 11) is 1.43. The molecule has 138 valence electrons. The van der Waals surface area contributed by atoms with Crippen LogP contribution >= 0.6 is 27.3 Å². The Bertz CT molecular complexity index is 1080. The third-order valence-electron chi connectivity index (χ3n) is 3.60. The normalized spacial score (nSPS) is 11.0. The number of rotatable bonds is 5. The first-order valence-corrected chi connectivity index (χ1v) is 9.08. The van der Waals surface area contributed by atoms with E-state index in [0.717, 1.165) is 4.70 Å². The molecular weight excluding hydrogens is 438 g/mol. The number of ether oxygens (including phenoxy) is 1. The molecule has 2 N–H and O–H groups in total. The Hall–Kier alpha value is -2.98. The van der Waals surface area contributed by atoms with Crippen molar-refractivity contribution in [3.05, 3.63) is 61.4 Å². The lowest BCUT2D eigenvalue weighted by molar-refractivity contribution is -0.384. The number of thiophene rings is 1. The largest absolute Gasteiger partial charge is 0.504 e. The van der Waals surface area contributed by atoms with E-state index in [0.29, 0.717) is 20.3 Å². The molecule has 1 aromatic heterocycles. The number of halogens is 1. The van der Waals surface area contributed by atoms with Crippen molar-refractivity contribution in [2.75, 3.05) is 7.11 Å². The molecular formula is C17H12BrN3O5S. The van der Waals surface area contributed by atoms with Crippen LogP contribution < -0.4 is 10.2 Å². The van der Waals surface area contributed by atoms with Gasteiger partial charge in [-0.1, -0.05) is 0 Å². The van der Waals surface area contributed by atoms with E-state index < -0.39 is 10.8 Å². The molecule has 3 rings (SSSR count). The van der Waals surface area contributed by atoms with Crippen LogP contribution in [-0.2, 0) is 0 Å². The fourth-order valence-corrected chi connectivity index (χ4v) is 3.66. The molecule has 1 heterocycles. The van der Waals surface area contributed by atoms with Gasteiger partial charge in [-0.25, -0.2) is 5.43 Å².